The van der Waals surface area contributed by atoms with Crippen molar-refractivity contribution >= 4 is 38.8 Å². The molecule has 142 valence electrons. The van der Waals surface area contributed by atoms with E-state index >= 15 is 0 Å². The normalized spacial score (nSPS) is 11.6. The van der Waals surface area contributed by atoms with Gasteiger partial charge in [0.15, 0.2) is 5.65 Å². The molecule has 10 heteroatoms. The van der Waals surface area contributed by atoms with E-state index in [1.54, 1.807) is 18.2 Å². The number of urea groups is 1. The molecular weight excluding hydrogens is 427 g/mol. The predicted octanol–water partition coefficient (Wildman–Crippen LogP) is 4.42. The number of hydrogen-bond acceptors (Lipinski definition) is 3. The molecule has 27 heavy (non-hydrogen) atoms. The lowest BCUT2D eigenvalue weighted by Gasteiger charge is -2.12. The first-order chi connectivity index (χ1) is 12.9. The summed E-state index contributed by atoms with van der Waals surface area (Å²) in [6.07, 6.45) is -2.87. The summed E-state index contributed by atoms with van der Waals surface area (Å²) in [7, 11) is 0. The van der Waals surface area contributed by atoms with E-state index in [0.717, 1.165) is 9.04 Å². The van der Waals surface area contributed by atoms with Gasteiger partial charge in [-0.3, -0.25) is 0 Å². The second kappa shape index (κ2) is 7.95. The van der Waals surface area contributed by atoms with Crippen LogP contribution in [0, 0.1) is 0 Å². The number of carbonyl (C=O) groups excluding carboxylic acids is 1. The van der Waals surface area contributed by atoms with Crippen molar-refractivity contribution in [3.8, 4) is 0 Å². The number of carbonyl (C=O) groups is 1. The largest absolute Gasteiger partial charge is 0.449 e. The first-order valence-corrected chi connectivity index (χ1v) is 8.83. The number of aromatic nitrogens is 3. The number of nitrogens with zero attached hydrogens (tertiary/aromatic N) is 3. The molecule has 0 unspecified atom stereocenters. The van der Waals surface area contributed by atoms with E-state index in [-0.39, 0.29) is 30.7 Å². The van der Waals surface area contributed by atoms with Gasteiger partial charge in [-0.2, -0.15) is 13.2 Å². The van der Waals surface area contributed by atoms with Crippen molar-refractivity contribution in [2.75, 3.05) is 11.9 Å². The van der Waals surface area contributed by atoms with E-state index in [2.05, 4.69) is 36.5 Å². The summed E-state index contributed by atoms with van der Waals surface area (Å²) >= 11 is 3.32. The highest BCUT2D eigenvalue weighted by molar-refractivity contribution is 9.10. The quantitative estimate of drug-likeness (QED) is 0.575. The zero-order valence-electron chi connectivity index (χ0n) is 13.9. The summed E-state index contributed by atoms with van der Waals surface area (Å²) in [6.45, 7) is 0.220. The van der Waals surface area contributed by atoms with Gasteiger partial charge in [-0.15, -0.1) is 0 Å². The zero-order valence-corrected chi connectivity index (χ0v) is 15.5. The molecule has 2 aromatic heterocycles. The van der Waals surface area contributed by atoms with E-state index in [0.29, 0.717) is 5.69 Å². The van der Waals surface area contributed by atoms with Crippen molar-refractivity contribution in [1.82, 2.24) is 19.9 Å². The summed E-state index contributed by atoms with van der Waals surface area (Å²) in [4.78, 5) is 19.5. The SMILES string of the molecule is O=C(NCCCn1c(C(F)(F)F)nc2cccnc21)Nc1ccccc1Br. The number of halogens is 4. The maximum atomic E-state index is 13.2. The van der Waals surface area contributed by atoms with E-state index in [1.807, 2.05) is 6.07 Å². The van der Waals surface area contributed by atoms with Crippen LogP contribution in [0.2, 0.25) is 0 Å². The molecule has 0 aliphatic heterocycles. The molecule has 0 aliphatic carbocycles. The van der Waals surface area contributed by atoms with E-state index < -0.39 is 18.0 Å². The molecule has 2 N–H and O–H groups in total. The minimum Gasteiger partial charge on any atom is -0.338 e. The number of pyridine rings is 1. The van der Waals surface area contributed by atoms with E-state index in [4.69, 9.17) is 0 Å². The summed E-state index contributed by atoms with van der Waals surface area (Å²) in [5.74, 6) is -0.992. The van der Waals surface area contributed by atoms with Crippen molar-refractivity contribution in [2.45, 2.75) is 19.1 Å². The second-order valence-corrected chi connectivity index (χ2v) is 6.50. The van der Waals surface area contributed by atoms with Gasteiger partial charge < -0.3 is 15.2 Å². The monoisotopic (exact) mass is 441 g/mol. The molecule has 2 heterocycles. The molecule has 0 radical (unpaired) electrons. The number of imidazole rings is 1. The van der Waals surface area contributed by atoms with Gasteiger partial charge in [0.05, 0.1) is 5.69 Å². The van der Waals surface area contributed by atoms with Gasteiger partial charge in [0.25, 0.3) is 0 Å². The van der Waals surface area contributed by atoms with Gasteiger partial charge in [-0.1, -0.05) is 12.1 Å². The molecule has 0 aliphatic rings. The number of anilines is 1. The lowest BCUT2D eigenvalue weighted by Crippen LogP contribution is -2.30. The number of fused-ring (bicyclic) bond motifs is 1. The molecule has 2 amide bonds. The minimum absolute atomic E-state index is 0.0255. The molecule has 0 saturated carbocycles. The first kappa shape index (κ1) is 19.2. The maximum absolute atomic E-state index is 13.2. The molecular formula is C17H15BrF3N5O. The second-order valence-electron chi connectivity index (χ2n) is 5.65. The maximum Gasteiger partial charge on any atom is 0.449 e. The molecule has 0 bridgehead atoms. The van der Waals surface area contributed by atoms with Crippen LogP contribution in [0.1, 0.15) is 12.2 Å². The van der Waals surface area contributed by atoms with Crippen molar-refractivity contribution in [3.63, 3.8) is 0 Å². The number of aryl methyl sites for hydroxylation is 1. The third-order valence-electron chi connectivity index (χ3n) is 3.72. The molecule has 0 fully saturated rings. The Hall–Kier alpha value is -2.62. The molecule has 6 nitrogen and oxygen atoms in total. The minimum atomic E-state index is -4.58. The number of hydrogen-bond donors (Lipinski definition) is 2. The Morgan fingerprint density at radius 3 is 2.70 bits per heavy atom. The Balaban J connectivity index is 1.61. The van der Waals surface area contributed by atoms with Gasteiger partial charge in [-0.05, 0) is 46.6 Å². The van der Waals surface area contributed by atoms with Gasteiger partial charge in [0.2, 0.25) is 5.82 Å². The number of alkyl halides is 3. The Bertz CT molecular complexity index is 957. The number of amides is 2. The van der Waals surface area contributed by atoms with Crippen molar-refractivity contribution in [2.24, 2.45) is 0 Å². The fraction of sp³-hybridized carbons (Fsp3) is 0.235. The van der Waals surface area contributed by atoms with Crippen molar-refractivity contribution < 1.29 is 18.0 Å². The summed E-state index contributed by atoms with van der Waals surface area (Å²) in [5, 5.41) is 5.28. The third-order valence-corrected chi connectivity index (χ3v) is 4.41. The highest BCUT2D eigenvalue weighted by Gasteiger charge is 2.37. The lowest BCUT2D eigenvalue weighted by atomic mass is 10.3. The zero-order chi connectivity index (χ0) is 19.4. The summed E-state index contributed by atoms with van der Waals surface area (Å²) in [5.41, 5.74) is 0.950. The van der Waals surface area contributed by atoms with Crippen LogP contribution in [0.25, 0.3) is 11.2 Å². The number of benzene rings is 1. The number of para-hydroxylation sites is 1. The third kappa shape index (κ3) is 4.57. The van der Waals surface area contributed by atoms with Crippen LogP contribution in [0.5, 0.6) is 0 Å². The average Bonchev–Trinajstić information content (AvgIpc) is 3.00. The van der Waals surface area contributed by atoms with Crippen LogP contribution >= 0.6 is 15.9 Å². The van der Waals surface area contributed by atoms with Crippen molar-refractivity contribution in [1.29, 1.82) is 0 Å². The highest BCUT2D eigenvalue weighted by atomic mass is 79.9. The smallest absolute Gasteiger partial charge is 0.338 e. The Kier molecular flexibility index (Phi) is 5.64. The topological polar surface area (TPSA) is 71.8 Å². The van der Waals surface area contributed by atoms with Crippen LogP contribution in [0.3, 0.4) is 0 Å². The van der Waals surface area contributed by atoms with E-state index in [9.17, 15) is 18.0 Å². The first-order valence-electron chi connectivity index (χ1n) is 8.04. The molecule has 3 aromatic rings. The molecule has 0 spiro atoms. The van der Waals surface area contributed by atoms with Gasteiger partial charge in [-0.25, -0.2) is 14.8 Å². The van der Waals surface area contributed by atoms with Crippen LogP contribution in [-0.4, -0.2) is 27.1 Å². The van der Waals surface area contributed by atoms with Crippen LogP contribution in [0.15, 0.2) is 47.1 Å². The summed E-state index contributed by atoms with van der Waals surface area (Å²) in [6, 6.07) is 9.68. The number of nitrogens with one attached hydrogen (secondary N) is 2. The summed E-state index contributed by atoms with van der Waals surface area (Å²) < 4.78 is 41.4. The van der Waals surface area contributed by atoms with E-state index in [1.165, 1.54) is 18.3 Å². The van der Waals surface area contributed by atoms with Crippen molar-refractivity contribution in [3.05, 3.63) is 52.9 Å². The van der Waals surface area contributed by atoms with Gasteiger partial charge in [0, 0.05) is 23.8 Å². The Labute approximate surface area is 160 Å². The number of rotatable bonds is 5. The average molecular weight is 442 g/mol. The van der Waals surface area contributed by atoms with Crippen LogP contribution in [-0.2, 0) is 12.7 Å². The standard InChI is InChI=1S/C17H15BrF3N5O/c18-11-5-1-2-6-12(11)25-16(27)23-9-4-10-26-14-13(7-3-8-22-14)24-15(26)17(19,20)21/h1-3,5-8H,4,9-10H2,(H2,23,25,27). The van der Waals surface area contributed by atoms with Crippen LogP contribution in [0.4, 0.5) is 23.7 Å². The Morgan fingerprint density at radius 1 is 1.19 bits per heavy atom. The van der Waals surface area contributed by atoms with Gasteiger partial charge >= 0.3 is 12.2 Å². The lowest BCUT2D eigenvalue weighted by molar-refractivity contribution is -0.147. The molecule has 3 rings (SSSR count). The highest BCUT2D eigenvalue weighted by Crippen LogP contribution is 2.31. The fourth-order valence-electron chi connectivity index (χ4n) is 2.55. The molecule has 0 saturated heterocycles. The molecule has 1 aromatic carbocycles. The fourth-order valence-corrected chi connectivity index (χ4v) is 2.94. The predicted molar refractivity (Wildman–Crippen MR) is 98.3 cm³/mol. The molecule has 0 atom stereocenters. The van der Waals surface area contributed by atoms with Crippen LogP contribution < -0.4 is 10.6 Å². The van der Waals surface area contributed by atoms with Gasteiger partial charge in [0.1, 0.15) is 5.52 Å². The Morgan fingerprint density at radius 2 is 1.96 bits per heavy atom.